The highest BCUT2D eigenvalue weighted by Crippen LogP contribution is 2.25. The van der Waals surface area contributed by atoms with E-state index in [4.69, 9.17) is 4.74 Å². The van der Waals surface area contributed by atoms with Gasteiger partial charge in [-0.25, -0.2) is 0 Å². The number of hydrogen-bond donors (Lipinski definition) is 2. The molecule has 0 saturated heterocycles. The second-order valence-corrected chi connectivity index (χ2v) is 7.16. The molecule has 3 heteroatoms. The van der Waals surface area contributed by atoms with E-state index in [1.807, 2.05) is 32.9 Å². The number of benzene rings is 1. The quantitative estimate of drug-likeness (QED) is 0.808. The molecule has 0 aliphatic rings. The number of nitrogens with one attached hydrogen (secondary N) is 1. The van der Waals surface area contributed by atoms with Gasteiger partial charge < -0.3 is 15.2 Å². The predicted octanol–water partition coefficient (Wildman–Crippen LogP) is 3.50. The van der Waals surface area contributed by atoms with Crippen LogP contribution in [0.3, 0.4) is 0 Å². The lowest BCUT2D eigenvalue weighted by Crippen LogP contribution is -2.48. The highest BCUT2D eigenvalue weighted by Gasteiger charge is 2.25. The summed E-state index contributed by atoms with van der Waals surface area (Å²) in [6.45, 7) is 13.7. The van der Waals surface area contributed by atoms with E-state index in [-0.39, 0.29) is 23.7 Å². The summed E-state index contributed by atoms with van der Waals surface area (Å²) in [5, 5.41) is 12.9. The third-order valence-electron chi connectivity index (χ3n) is 3.75. The monoisotopic (exact) mass is 293 g/mol. The molecule has 0 heterocycles. The van der Waals surface area contributed by atoms with Gasteiger partial charge in [-0.2, -0.15) is 0 Å². The number of hydrogen-bond acceptors (Lipinski definition) is 3. The van der Waals surface area contributed by atoms with Crippen LogP contribution >= 0.6 is 0 Å². The Labute approximate surface area is 129 Å². The van der Waals surface area contributed by atoms with Crippen LogP contribution in [0.15, 0.2) is 24.3 Å². The Kier molecular flexibility index (Phi) is 6.24. The molecule has 2 atom stereocenters. The summed E-state index contributed by atoms with van der Waals surface area (Å²) in [6, 6.07) is 8.30. The molecule has 2 N–H and O–H groups in total. The van der Waals surface area contributed by atoms with E-state index in [2.05, 4.69) is 38.2 Å². The second-order valence-electron chi connectivity index (χ2n) is 7.16. The largest absolute Gasteiger partial charge is 0.491 e. The maximum atomic E-state index is 9.54. The molecule has 1 aromatic rings. The number of aliphatic hydroxyl groups is 1. The molecule has 0 saturated carbocycles. The van der Waals surface area contributed by atoms with E-state index in [1.165, 1.54) is 5.56 Å². The molecule has 2 unspecified atom stereocenters. The highest BCUT2D eigenvalue weighted by molar-refractivity contribution is 5.31. The fraction of sp³-hybridized carbons (Fsp3) is 0.667. The molecule has 0 radical (unpaired) electrons. The van der Waals surface area contributed by atoms with E-state index in [0.717, 1.165) is 18.7 Å². The zero-order chi connectivity index (χ0) is 16.1. The Morgan fingerprint density at radius 3 is 2.14 bits per heavy atom. The molecule has 0 spiro atoms. The van der Waals surface area contributed by atoms with Crippen molar-refractivity contribution in [2.75, 3.05) is 13.2 Å². The van der Waals surface area contributed by atoms with Gasteiger partial charge in [0.1, 0.15) is 5.75 Å². The van der Waals surface area contributed by atoms with Crippen LogP contribution in [0.1, 0.15) is 53.5 Å². The van der Waals surface area contributed by atoms with Crippen LogP contribution in [0.4, 0.5) is 0 Å². The molecule has 0 amide bonds. The number of aliphatic hydroxyl groups excluding tert-OH is 1. The van der Waals surface area contributed by atoms with Crippen molar-refractivity contribution in [3.05, 3.63) is 29.8 Å². The summed E-state index contributed by atoms with van der Waals surface area (Å²) in [5.41, 5.74) is 1.17. The van der Waals surface area contributed by atoms with Gasteiger partial charge in [0.05, 0.1) is 12.7 Å². The van der Waals surface area contributed by atoms with Crippen LogP contribution in [-0.2, 0) is 5.41 Å². The number of rotatable bonds is 7. The molecule has 1 aromatic carbocycles. The topological polar surface area (TPSA) is 41.5 Å². The number of likely N-dealkylation sites (N-methyl/N-ethyl adjacent to an activating group) is 1. The summed E-state index contributed by atoms with van der Waals surface area (Å²) in [5.74, 6) is 0.882. The van der Waals surface area contributed by atoms with Crippen molar-refractivity contribution >= 4 is 0 Å². The molecule has 3 nitrogen and oxygen atoms in total. The minimum absolute atomic E-state index is 0.0432. The summed E-state index contributed by atoms with van der Waals surface area (Å²) >= 11 is 0. The van der Waals surface area contributed by atoms with Gasteiger partial charge in [0.15, 0.2) is 0 Å². The standard InChI is InChI=1S/C18H31NO2/c1-7-19-18(6,13-20)12-14(2)21-16-10-8-15(9-11-16)17(3,4)5/h8-11,14,19-20H,7,12-13H2,1-6H3. The molecule has 0 bridgehead atoms. The first kappa shape index (κ1) is 18.0. The van der Waals surface area contributed by atoms with Crippen molar-refractivity contribution in [1.29, 1.82) is 0 Å². The second kappa shape index (κ2) is 7.28. The van der Waals surface area contributed by atoms with Crippen molar-refractivity contribution in [3.63, 3.8) is 0 Å². The maximum absolute atomic E-state index is 9.54. The molecule has 0 aromatic heterocycles. The molecule has 120 valence electrons. The van der Waals surface area contributed by atoms with E-state index in [0.29, 0.717) is 0 Å². The smallest absolute Gasteiger partial charge is 0.119 e. The molecule has 0 aliphatic heterocycles. The Hall–Kier alpha value is -1.06. The lowest BCUT2D eigenvalue weighted by molar-refractivity contribution is 0.111. The van der Waals surface area contributed by atoms with Gasteiger partial charge in [0.25, 0.3) is 0 Å². The lowest BCUT2D eigenvalue weighted by Gasteiger charge is -2.31. The Balaban J connectivity index is 2.64. The van der Waals surface area contributed by atoms with Crippen molar-refractivity contribution < 1.29 is 9.84 Å². The Morgan fingerprint density at radius 2 is 1.71 bits per heavy atom. The third kappa shape index (κ3) is 5.68. The van der Waals surface area contributed by atoms with Gasteiger partial charge >= 0.3 is 0 Å². The first-order chi connectivity index (χ1) is 9.70. The molecular formula is C18H31NO2. The lowest BCUT2D eigenvalue weighted by atomic mass is 9.87. The summed E-state index contributed by atoms with van der Waals surface area (Å²) in [7, 11) is 0. The zero-order valence-corrected chi connectivity index (χ0v) is 14.4. The SMILES string of the molecule is CCNC(C)(CO)CC(C)Oc1ccc(C(C)(C)C)cc1. The Morgan fingerprint density at radius 1 is 1.14 bits per heavy atom. The van der Waals surface area contributed by atoms with Crippen molar-refractivity contribution in [2.45, 2.75) is 65.0 Å². The minimum Gasteiger partial charge on any atom is -0.491 e. The van der Waals surface area contributed by atoms with Crippen LogP contribution in [-0.4, -0.2) is 29.9 Å². The predicted molar refractivity (Wildman–Crippen MR) is 89.0 cm³/mol. The van der Waals surface area contributed by atoms with Crippen molar-refractivity contribution in [3.8, 4) is 5.75 Å². The fourth-order valence-electron chi connectivity index (χ4n) is 2.56. The van der Waals surface area contributed by atoms with Crippen LogP contribution < -0.4 is 10.1 Å². The fourth-order valence-corrected chi connectivity index (χ4v) is 2.56. The summed E-state index contributed by atoms with van der Waals surface area (Å²) in [6.07, 6.45) is 0.805. The van der Waals surface area contributed by atoms with E-state index in [9.17, 15) is 5.11 Å². The normalized spacial score (nSPS) is 16.3. The molecule has 0 aliphatic carbocycles. The maximum Gasteiger partial charge on any atom is 0.119 e. The summed E-state index contributed by atoms with van der Waals surface area (Å²) < 4.78 is 5.97. The minimum atomic E-state index is -0.292. The molecule has 1 rings (SSSR count). The van der Waals surface area contributed by atoms with Gasteiger partial charge in [-0.05, 0) is 43.5 Å². The van der Waals surface area contributed by atoms with Gasteiger partial charge in [-0.1, -0.05) is 39.8 Å². The van der Waals surface area contributed by atoms with Gasteiger partial charge in [0, 0.05) is 12.0 Å². The van der Waals surface area contributed by atoms with Crippen LogP contribution in [0, 0.1) is 0 Å². The van der Waals surface area contributed by atoms with E-state index >= 15 is 0 Å². The summed E-state index contributed by atoms with van der Waals surface area (Å²) in [4.78, 5) is 0. The first-order valence-corrected chi connectivity index (χ1v) is 7.83. The average molecular weight is 293 g/mol. The molecular weight excluding hydrogens is 262 g/mol. The Bertz CT molecular complexity index is 422. The van der Waals surface area contributed by atoms with Crippen LogP contribution in [0.25, 0.3) is 0 Å². The first-order valence-electron chi connectivity index (χ1n) is 7.83. The van der Waals surface area contributed by atoms with Crippen LogP contribution in [0.2, 0.25) is 0 Å². The van der Waals surface area contributed by atoms with Crippen molar-refractivity contribution in [1.82, 2.24) is 5.32 Å². The average Bonchev–Trinajstić information content (AvgIpc) is 2.38. The van der Waals surface area contributed by atoms with E-state index < -0.39 is 0 Å². The van der Waals surface area contributed by atoms with Gasteiger partial charge in [0.2, 0.25) is 0 Å². The van der Waals surface area contributed by atoms with Crippen LogP contribution in [0.5, 0.6) is 5.75 Å². The van der Waals surface area contributed by atoms with E-state index in [1.54, 1.807) is 0 Å². The molecule has 0 fully saturated rings. The highest BCUT2D eigenvalue weighted by atomic mass is 16.5. The van der Waals surface area contributed by atoms with Gasteiger partial charge in [-0.3, -0.25) is 0 Å². The molecule has 21 heavy (non-hydrogen) atoms. The van der Waals surface area contributed by atoms with Gasteiger partial charge in [-0.15, -0.1) is 0 Å². The van der Waals surface area contributed by atoms with Crippen molar-refractivity contribution in [2.24, 2.45) is 0 Å². The number of ether oxygens (including phenoxy) is 1. The third-order valence-corrected chi connectivity index (χ3v) is 3.75. The zero-order valence-electron chi connectivity index (χ0n) is 14.4.